The van der Waals surface area contributed by atoms with Gasteiger partial charge in [-0.25, -0.2) is 0 Å². The molecule has 0 saturated heterocycles. The molecule has 76 valence electrons. The number of alkyl halides is 3. The van der Waals surface area contributed by atoms with E-state index in [9.17, 15) is 18.0 Å². The van der Waals surface area contributed by atoms with Gasteiger partial charge in [0.1, 0.15) is 0 Å². The molecule has 2 nitrogen and oxygen atoms in total. The molecule has 1 aromatic rings. The van der Waals surface area contributed by atoms with Gasteiger partial charge in [-0.1, -0.05) is 11.6 Å². The Morgan fingerprint density at radius 3 is 2.36 bits per heavy atom. The summed E-state index contributed by atoms with van der Waals surface area (Å²) in [5.41, 5.74) is 3.40. The highest BCUT2D eigenvalue weighted by Gasteiger charge is 2.33. The van der Waals surface area contributed by atoms with Crippen molar-refractivity contribution in [3.63, 3.8) is 0 Å². The summed E-state index contributed by atoms with van der Waals surface area (Å²) in [4.78, 5) is 10.3. The van der Waals surface area contributed by atoms with Gasteiger partial charge in [0, 0.05) is 5.56 Å². The Labute approximate surface area is 82.5 Å². The summed E-state index contributed by atoms with van der Waals surface area (Å²) in [6.45, 7) is 0. The summed E-state index contributed by atoms with van der Waals surface area (Å²) in [6.07, 6.45) is -4.51. The smallest absolute Gasteiger partial charge is 0.398 e. The van der Waals surface area contributed by atoms with E-state index in [4.69, 9.17) is 17.3 Å². The van der Waals surface area contributed by atoms with Crippen LogP contribution in [0.4, 0.5) is 18.9 Å². The highest BCUT2D eigenvalue weighted by Crippen LogP contribution is 2.35. The van der Waals surface area contributed by atoms with Gasteiger partial charge >= 0.3 is 6.18 Å². The number of carbonyl (C=O) groups excluding carboxylic acids is 1. The van der Waals surface area contributed by atoms with E-state index in [0.717, 1.165) is 6.07 Å². The molecule has 0 aliphatic rings. The van der Waals surface area contributed by atoms with Crippen molar-refractivity contribution in [1.29, 1.82) is 0 Å². The third kappa shape index (κ3) is 1.98. The van der Waals surface area contributed by atoms with Crippen LogP contribution in [-0.4, -0.2) is 6.29 Å². The number of carbonyl (C=O) groups is 1. The van der Waals surface area contributed by atoms with Gasteiger partial charge in [0.25, 0.3) is 0 Å². The van der Waals surface area contributed by atoms with Crippen LogP contribution in [0.1, 0.15) is 15.9 Å². The number of hydrogen-bond donors (Lipinski definition) is 1. The molecule has 0 aliphatic heterocycles. The quantitative estimate of drug-likeness (QED) is 0.588. The zero-order valence-corrected chi connectivity index (χ0v) is 7.49. The van der Waals surface area contributed by atoms with Gasteiger partial charge in [-0.3, -0.25) is 4.79 Å². The predicted octanol–water partition coefficient (Wildman–Crippen LogP) is 2.75. The van der Waals surface area contributed by atoms with Crippen molar-refractivity contribution in [2.24, 2.45) is 0 Å². The molecule has 0 saturated carbocycles. The second-order valence-corrected chi connectivity index (χ2v) is 2.98. The molecule has 1 aromatic carbocycles. The largest absolute Gasteiger partial charge is 0.417 e. The Balaban J connectivity index is 3.42. The van der Waals surface area contributed by atoms with E-state index in [0.29, 0.717) is 6.07 Å². The Morgan fingerprint density at radius 2 is 1.93 bits per heavy atom. The molecule has 0 fully saturated rings. The summed E-state index contributed by atoms with van der Waals surface area (Å²) in [6, 6.07) is 1.54. The molecule has 0 aliphatic carbocycles. The fourth-order valence-electron chi connectivity index (χ4n) is 0.948. The lowest BCUT2D eigenvalue weighted by atomic mass is 10.1. The maximum atomic E-state index is 12.3. The summed E-state index contributed by atoms with van der Waals surface area (Å²) >= 11 is 5.46. The standard InChI is InChI=1S/C8H5ClF3NO/c9-6-1-4(3-14)5(2-7(6)13)8(10,11)12/h1-3H,13H2. The first-order valence-electron chi connectivity index (χ1n) is 3.47. The summed E-state index contributed by atoms with van der Waals surface area (Å²) in [7, 11) is 0. The summed E-state index contributed by atoms with van der Waals surface area (Å²) in [5, 5.41) is -0.0694. The van der Waals surface area contributed by atoms with Crippen LogP contribution in [0.3, 0.4) is 0 Å². The number of hydrogen-bond acceptors (Lipinski definition) is 2. The molecule has 0 heterocycles. The third-order valence-corrected chi connectivity index (χ3v) is 1.93. The highest BCUT2D eigenvalue weighted by atomic mass is 35.5. The average Bonchev–Trinajstić information content (AvgIpc) is 2.07. The molecule has 0 radical (unpaired) electrons. The molecule has 0 spiro atoms. The SMILES string of the molecule is Nc1cc(C(F)(F)F)c(C=O)cc1Cl. The van der Waals surface area contributed by atoms with Gasteiger partial charge in [0.2, 0.25) is 0 Å². The highest BCUT2D eigenvalue weighted by molar-refractivity contribution is 6.33. The molecule has 14 heavy (non-hydrogen) atoms. The first kappa shape index (κ1) is 10.8. The molecule has 2 N–H and O–H groups in total. The Kier molecular flexibility index (Phi) is 2.71. The topological polar surface area (TPSA) is 43.1 Å². The van der Waals surface area contributed by atoms with Crippen molar-refractivity contribution in [3.05, 3.63) is 28.3 Å². The summed E-state index contributed by atoms with van der Waals surface area (Å²) in [5.74, 6) is 0. The minimum Gasteiger partial charge on any atom is -0.398 e. The number of nitrogen functional groups attached to an aromatic ring is 1. The van der Waals surface area contributed by atoms with E-state index in [1.807, 2.05) is 0 Å². The van der Waals surface area contributed by atoms with Crippen LogP contribution in [0, 0.1) is 0 Å². The molecule has 0 bridgehead atoms. The molecule has 0 aromatic heterocycles. The number of halogens is 4. The first-order chi connectivity index (χ1) is 6.36. The van der Waals surface area contributed by atoms with Crippen LogP contribution >= 0.6 is 11.6 Å². The van der Waals surface area contributed by atoms with Crippen LogP contribution in [-0.2, 0) is 6.18 Å². The minimum absolute atomic E-state index is 0.0694. The zero-order valence-electron chi connectivity index (χ0n) is 6.73. The average molecular weight is 224 g/mol. The van der Waals surface area contributed by atoms with Crippen LogP contribution < -0.4 is 5.73 Å². The van der Waals surface area contributed by atoms with Gasteiger partial charge in [0.15, 0.2) is 6.29 Å². The number of anilines is 1. The lowest BCUT2D eigenvalue weighted by Gasteiger charge is -2.10. The van der Waals surface area contributed by atoms with Crippen LogP contribution in [0.15, 0.2) is 12.1 Å². The van der Waals surface area contributed by atoms with E-state index in [1.165, 1.54) is 0 Å². The van der Waals surface area contributed by atoms with E-state index < -0.39 is 17.3 Å². The van der Waals surface area contributed by atoms with E-state index in [2.05, 4.69) is 0 Å². The van der Waals surface area contributed by atoms with E-state index in [1.54, 1.807) is 0 Å². The van der Waals surface area contributed by atoms with Crippen LogP contribution in [0.2, 0.25) is 5.02 Å². The lowest BCUT2D eigenvalue weighted by molar-refractivity contribution is -0.137. The normalized spacial score (nSPS) is 11.4. The first-order valence-corrected chi connectivity index (χ1v) is 3.85. The second kappa shape index (κ2) is 3.49. The monoisotopic (exact) mass is 223 g/mol. The fraction of sp³-hybridized carbons (Fsp3) is 0.125. The van der Waals surface area contributed by atoms with Crippen LogP contribution in [0.5, 0.6) is 0 Å². The predicted molar refractivity (Wildman–Crippen MR) is 46.3 cm³/mol. The minimum atomic E-state index is -4.60. The van der Waals surface area contributed by atoms with Crippen LogP contribution in [0.25, 0.3) is 0 Å². The number of aldehydes is 1. The molecular weight excluding hydrogens is 219 g/mol. The molecule has 1 rings (SSSR count). The Hall–Kier alpha value is -1.23. The molecule has 0 unspecified atom stereocenters. The van der Waals surface area contributed by atoms with Crippen molar-refractivity contribution in [3.8, 4) is 0 Å². The molecular formula is C8H5ClF3NO. The Morgan fingerprint density at radius 1 is 1.36 bits per heavy atom. The van der Waals surface area contributed by atoms with Gasteiger partial charge in [-0.15, -0.1) is 0 Å². The maximum Gasteiger partial charge on any atom is 0.417 e. The van der Waals surface area contributed by atoms with E-state index in [-0.39, 0.29) is 17.0 Å². The molecule has 6 heteroatoms. The number of rotatable bonds is 1. The third-order valence-electron chi connectivity index (χ3n) is 1.60. The summed E-state index contributed by atoms with van der Waals surface area (Å²) < 4.78 is 36.9. The van der Waals surface area contributed by atoms with Crippen molar-refractivity contribution in [1.82, 2.24) is 0 Å². The number of benzene rings is 1. The van der Waals surface area contributed by atoms with Gasteiger partial charge in [0.05, 0.1) is 16.3 Å². The zero-order chi connectivity index (χ0) is 10.9. The fourth-order valence-corrected chi connectivity index (χ4v) is 1.12. The van der Waals surface area contributed by atoms with Gasteiger partial charge < -0.3 is 5.73 Å². The lowest BCUT2D eigenvalue weighted by Crippen LogP contribution is -2.09. The van der Waals surface area contributed by atoms with Crippen molar-refractivity contribution in [2.75, 3.05) is 5.73 Å². The second-order valence-electron chi connectivity index (χ2n) is 2.58. The van der Waals surface area contributed by atoms with Gasteiger partial charge in [-0.05, 0) is 12.1 Å². The Bertz CT molecular complexity index is 376. The van der Waals surface area contributed by atoms with Crippen molar-refractivity contribution in [2.45, 2.75) is 6.18 Å². The molecule has 0 atom stereocenters. The van der Waals surface area contributed by atoms with E-state index >= 15 is 0 Å². The maximum absolute atomic E-state index is 12.3. The van der Waals surface area contributed by atoms with Crippen molar-refractivity contribution < 1.29 is 18.0 Å². The molecule has 0 amide bonds. The van der Waals surface area contributed by atoms with Gasteiger partial charge in [-0.2, -0.15) is 13.2 Å². The number of nitrogens with two attached hydrogens (primary N) is 1. The van der Waals surface area contributed by atoms with Crippen molar-refractivity contribution >= 4 is 23.6 Å².